The van der Waals surface area contributed by atoms with Crippen molar-refractivity contribution in [1.29, 1.82) is 0 Å². The highest BCUT2D eigenvalue weighted by atomic mass is 16.5. The van der Waals surface area contributed by atoms with Gasteiger partial charge in [-0.2, -0.15) is 5.10 Å². The largest absolute Gasteiger partial charge is 0.497 e. The molecule has 34 heavy (non-hydrogen) atoms. The first kappa shape index (κ1) is 24.2. The topological polar surface area (TPSA) is 106 Å². The van der Waals surface area contributed by atoms with Crippen molar-refractivity contribution in [1.82, 2.24) is 5.43 Å². The van der Waals surface area contributed by atoms with Crippen LogP contribution in [-0.4, -0.2) is 30.6 Å². The third kappa shape index (κ3) is 5.86. The Kier molecular flexibility index (Phi) is 7.76. The number of hydrogen-bond donors (Lipinski definition) is 2. The Morgan fingerprint density at radius 2 is 1.53 bits per heavy atom. The second kappa shape index (κ2) is 10.9. The molecule has 0 saturated carbocycles. The van der Waals surface area contributed by atoms with Crippen LogP contribution in [0.1, 0.15) is 34.0 Å². The van der Waals surface area contributed by atoms with Crippen molar-refractivity contribution in [2.75, 3.05) is 12.4 Å². The maximum atomic E-state index is 12.6. The van der Waals surface area contributed by atoms with E-state index >= 15 is 0 Å². The van der Waals surface area contributed by atoms with E-state index in [0.29, 0.717) is 28.3 Å². The van der Waals surface area contributed by atoms with Crippen LogP contribution in [0.3, 0.4) is 0 Å². The number of hydrogen-bond acceptors (Lipinski definition) is 6. The Hall–Kier alpha value is -4.46. The minimum Gasteiger partial charge on any atom is -0.497 e. The Bertz CT molecular complexity index is 1250. The van der Waals surface area contributed by atoms with Crippen LogP contribution in [0.5, 0.6) is 11.5 Å². The molecule has 0 unspecified atom stereocenters. The molecule has 0 spiro atoms. The van der Waals surface area contributed by atoms with Crippen LogP contribution in [0.4, 0.5) is 5.69 Å². The summed E-state index contributed by atoms with van der Waals surface area (Å²) in [6, 6.07) is 18.9. The number of methoxy groups -OCH3 is 1. The Morgan fingerprint density at radius 1 is 0.853 bits per heavy atom. The minimum absolute atomic E-state index is 0.255. The maximum Gasteiger partial charge on any atom is 0.343 e. The van der Waals surface area contributed by atoms with Crippen LogP contribution in [0, 0.1) is 13.8 Å². The highest BCUT2D eigenvalue weighted by molar-refractivity contribution is 6.39. The van der Waals surface area contributed by atoms with Crippen molar-refractivity contribution in [2.45, 2.75) is 20.8 Å². The quantitative estimate of drug-likeness (QED) is 0.190. The van der Waals surface area contributed by atoms with Crippen molar-refractivity contribution in [3.63, 3.8) is 0 Å². The molecule has 0 radical (unpaired) electrons. The summed E-state index contributed by atoms with van der Waals surface area (Å²) < 4.78 is 10.7. The Morgan fingerprint density at radius 3 is 2.24 bits per heavy atom. The van der Waals surface area contributed by atoms with Gasteiger partial charge in [0.2, 0.25) is 0 Å². The SMILES string of the molecule is COc1cccc(C(=O)Oc2ccccc2/C(C)=N/NC(=O)C(=O)Nc2c(C)cccc2C)c1. The highest BCUT2D eigenvalue weighted by Crippen LogP contribution is 2.22. The van der Waals surface area contributed by atoms with E-state index < -0.39 is 17.8 Å². The molecule has 8 heteroatoms. The van der Waals surface area contributed by atoms with E-state index in [9.17, 15) is 14.4 Å². The summed E-state index contributed by atoms with van der Waals surface area (Å²) in [5.41, 5.74) is 5.66. The van der Waals surface area contributed by atoms with E-state index in [0.717, 1.165) is 11.1 Å². The molecule has 2 N–H and O–H groups in total. The molecule has 174 valence electrons. The summed E-state index contributed by atoms with van der Waals surface area (Å²) in [5, 5.41) is 6.62. The molecular formula is C26H25N3O5. The van der Waals surface area contributed by atoms with Crippen molar-refractivity contribution in [3.8, 4) is 11.5 Å². The lowest BCUT2D eigenvalue weighted by atomic mass is 10.1. The van der Waals surface area contributed by atoms with Crippen LogP contribution < -0.4 is 20.2 Å². The molecule has 0 aliphatic carbocycles. The number of ether oxygens (including phenoxy) is 2. The zero-order chi connectivity index (χ0) is 24.7. The van der Waals surface area contributed by atoms with E-state index in [1.54, 1.807) is 55.5 Å². The fourth-order valence-electron chi connectivity index (χ4n) is 3.19. The number of nitrogens with one attached hydrogen (secondary N) is 2. The van der Waals surface area contributed by atoms with Gasteiger partial charge in [0.1, 0.15) is 11.5 Å². The molecule has 0 aromatic heterocycles. The lowest BCUT2D eigenvalue weighted by Crippen LogP contribution is -2.33. The van der Waals surface area contributed by atoms with Gasteiger partial charge in [0.25, 0.3) is 0 Å². The van der Waals surface area contributed by atoms with Crippen LogP contribution in [0.25, 0.3) is 0 Å². The van der Waals surface area contributed by atoms with Gasteiger partial charge >= 0.3 is 17.8 Å². The number of benzene rings is 3. The van der Waals surface area contributed by atoms with Gasteiger partial charge in [-0.15, -0.1) is 0 Å². The molecule has 3 aromatic rings. The third-order valence-electron chi connectivity index (χ3n) is 5.04. The number of hydrazone groups is 1. The number of aryl methyl sites for hydroxylation is 2. The van der Waals surface area contributed by atoms with Gasteiger partial charge in [-0.25, -0.2) is 10.2 Å². The Labute approximate surface area is 197 Å². The first-order valence-corrected chi connectivity index (χ1v) is 10.5. The number of carbonyl (C=O) groups is 3. The molecule has 0 aliphatic rings. The smallest absolute Gasteiger partial charge is 0.343 e. The van der Waals surface area contributed by atoms with E-state index in [2.05, 4.69) is 15.8 Å². The van der Waals surface area contributed by atoms with Gasteiger partial charge in [0.15, 0.2) is 0 Å². The summed E-state index contributed by atoms with van der Waals surface area (Å²) >= 11 is 0. The fourth-order valence-corrected chi connectivity index (χ4v) is 3.19. The molecular weight excluding hydrogens is 434 g/mol. The van der Waals surface area contributed by atoms with Crippen molar-refractivity contribution >= 4 is 29.2 Å². The predicted molar refractivity (Wildman–Crippen MR) is 129 cm³/mol. The summed E-state index contributed by atoms with van der Waals surface area (Å²) in [5.74, 6) is -1.55. The predicted octanol–water partition coefficient (Wildman–Crippen LogP) is 4.01. The molecule has 3 aromatic carbocycles. The average Bonchev–Trinajstić information content (AvgIpc) is 2.84. The molecule has 0 saturated heterocycles. The standard InChI is InChI=1S/C26H25N3O5/c1-16-9-7-10-17(2)23(16)27-24(30)25(31)29-28-18(3)21-13-5-6-14-22(21)34-26(32)19-11-8-12-20(15-19)33-4/h5-15H,1-4H3,(H,27,30)(H,29,31)/b28-18+. The lowest BCUT2D eigenvalue weighted by Gasteiger charge is -2.11. The van der Waals surface area contributed by atoms with Crippen LogP contribution >= 0.6 is 0 Å². The first-order valence-electron chi connectivity index (χ1n) is 10.5. The molecule has 0 fully saturated rings. The van der Waals surface area contributed by atoms with Gasteiger partial charge in [0, 0.05) is 11.3 Å². The minimum atomic E-state index is -0.923. The number of amides is 2. The number of para-hydroxylation sites is 2. The lowest BCUT2D eigenvalue weighted by molar-refractivity contribution is -0.136. The molecule has 0 aliphatic heterocycles. The summed E-state index contributed by atoms with van der Waals surface area (Å²) in [6.45, 7) is 5.31. The average molecular weight is 460 g/mol. The van der Waals surface area contributed by atoms with Gasteiger partial charge < -0.3 is 14.8 Å². The van der Waals surface area contributed by atoms with Crippen molar-refractivity contribution in [2.24, 2.45) is 5.10 Å². The number of carbonyl (C=O) groups excluding carboxylic acids is 3. The summed E-state index contributed by atoms with van der Waals surface area (Å²) in [7, 11) is 1.51. The van der Waals surface area contributed by atoms with Crippen LogP contribution in [0.2, 0.25) is 0 Å². The van der Waals surface area contributed by atoms with Crippen LogP contribution in [-0.2, 0) is 9.59 Å². The monoisotopic (exact) mass is 459 g/mol. The number of nitrogens with zero attached hydrogens (tertiary/aromatic N) is 1. The van der Waals surface area contributed by atoms with Gasteiger partial charge in [-0.3, -0.25) is 9.59 Å². The zero-order valence-corrected chi connectivity index (χ0v) is 19.3. The summed E-state index contributed by atoms with van der Waals surface area (Å²) in [6.07, 6.45) is 0. The number of rotatable bonds is 6. The number of esters is 1. The van der Waals surface area contributed by atoms with Crippen LogP contribution in [0.15, 0.2) is 71.8 Å². The normalized spacial score (nSPS) is 10.9. The Balaban J connectivity index is 1.71. The van der Waals surface area contributed by atoms with Gasteiger partial charge in [-0.1, -0.05) is 36.4 Å². The molecule has 0 bridgehead atoms. The van der Waals surface area contributed by atoms with E-state index in [1.165, 1.54) is 7.11 Å². The molecule has 8 nitrogen and oxygen atoms in total. The molecule has 2 amide bonds. The molecule has 0 heterocycles. The first-order chi connectivity index (χ1) is 16.3. The second-order valence-corrected chi connectivity index (χ2v) is 7.48. The summed E-state index contributed by atoms with van der Waals surface area (Å²) in [4.78, 5) is 37.2. The third-order valence-corrected chi connectivity index (χ3v) is 5.04. The second-order valence-electron chi connectivity index (χ2n) is 7.48. The van der Waals surface area contributed by atoms with Crippen molar-refractivity contribution < 1.29 is 23.9 Å². The van der Waals surface area contributed by atoms with E-state index in [-0.39, 0.29) is 5.75 Å². The highest BCUT2D eigenvalue weighted by Gasteiger charge is 2.17. The maximum absolute atomic E-state index is 12.6. The van der Waals surface area contributed by atoms with Gasteiger partial charge in [-0.05, 0) is 62.2 Å². The molecule has 0 atom stereocenters. The van der Waals surface area contributed by atoms with Gasteiger partial charge in [0.05, 0.1) is 18.4 Å². The van der Waals surface area contributed by atoms with E-state index in [4.69, 9.17) is 9.47 Å². The van der Waals surface area contributed by atoms with E-state index in [1.807, 2.05) is 32.0 Å². The van der Waals surface area contributed by atoms with Crippen molar-refractivity contribution in [3.05, 3.63) is 89.0 Å². The molecule has 3 rings (SSSR count). The zero-order valence-electron chi connectivity index (χ0n) is 19.3. The number of anilines is 1. The fraction of sp³-hybridized carbons (Fsp3) is 0.154.